The number of carbonyl (C=O) groups is 1. The van der Waals surface area contributed by atoms with E-state index in [0.29, 0.717) is 13.0 Å². The molecule has 0 amide bonds. The molecular formula is C23H32O6Si. The lowest BCUT2D eigenvalue weighted by Crippen LogP contribution is -2.65. The quantitative estimate of drug-likeness (QED) is 0.529. The average molecular weight is 433 g/mol. The fraction of sp³-hybridized carbons (Fsp3) is 0.609. The molecule has 30 heavy (non-hydrogen) atoms. The molecule has 3 aliphatic rings. The fourth-order valence-corrected chi connectivity index (χ4v) is 5.20. The zero-order chi connectivity index (χ0) is 21.5. The number of ether oxygens (including phenoxy) is 4. The molecule has 3 heterocycles. The van der Waals surface area contributed by atoms with Crippen molar-refractivity contribution in [3.05, 3.63) is 48.0 Å². The minimum atomic E-state index is -2.17. The van der Waals surface area contributed by atoms with Gasteiger partial charge in [0.25, 0.3) is 0 Å². The zero-order valence-corrected chi connectivity index (χ0v) is 19.4. The smallest absolute Gasteiger partial charge is 0.330 e. The van der Waals surface area contributed by atoms with Crippen LogP contribution in [-0.4, -0.2) is 51.4 Å². The van der Waals surface area contributed by atoms with Gasteiger partial charge in [0.15, 0.2) is 20.7 Å². The van der Waals surface area contributed by atoms with Crippen molar-refractivity contribution in [2.45, 2.75) is 82.1 Å². The number of carbonyl (C=O) groups excluding carboxylic acids is 1. The summed E-state index contributed by atoms with van der Waals surface area (Å²) in [5, 5.41) is 0.00723. The molecule has 0 aliphatic carbocycles. The summed E-state index contributed by atoms with van der Waals surface area (Å²) in [6, 6.07) is 9.85. The van der Waals surface area contributed by atoms with E-state index in [-0.39, 0.29) is 29.3 Å². The molecule has 7 heteroatoms. The van der Waals surface area contributed by atoms with Crippen LogP contribution in [-0.2, 0) is 28.2 Å². The Bertz CT molecular complexity index is 787. The molecule has 0 saturated carbocycles. The highest BCUT2D eigenvalue weighted by Gasteiger charge is 2.54. The summed E-state index contributed by atoms with van der Waals surface area (Å²) in [5.41, 5.74) is 0.948. The van der Waals surface area contributed by atoms with Crippen molar-refractivity contribution in [2.24, 2.45) is 0 Å². The topological polar surface area (TPSA) is 63.2 Å². The number of hydrogen-bond donors (Lipinski definition) is 0. The van der Waals surface area contributed by atoms with Crippen LogP contribution >= 0.6 is 0 Å². The van der Waals surface area contributed by atoms with Gasteiger partial charge in [0.05, 0.1) is 6.61 Å². The van der Waals surface area contributed by atoms with Crippen molar-refractivity contribution >= 4 is 14.3 Å². The van der Waals surface area contributed by atoms with Crippen LogP contribution in [0.15, 0.2) is 42.5 Å². The molecule has 0 N–H and O–H groups in total. The Kier molecular flexibility index (Phi) is 5.94. The molecule has 4 rings (SSSR count). The van der Waals surface area contributed by atoms with Gasteiger partial charge in [-0.15, -0.1) is 0 Å². The van der Waals surface area contributed by atoms with Crippen molar-refractivity contribution in [3.63, 3.8) is 0 Å². The largest absolute Gasteiger partial charge is 0.454 e. The minimum Gasteiger partial charge on any atom is -0.454 e. The monoisotopic (exact) mass is 432 g/mol. The molecule has 3 aliphatic heterocycles. The number of fused-ring (bicyclic) bond motifs is 2. The Balaban J connectivity index is 1.65. The summed E-state index contributed by atoms with van der Waals surface area (Å²) in [5.74, 6) is -0.361. The van der Waals surface area contributed by atoms with Gasteiger partial charge in [-0.2, -0.15) is 0 Å². The molecule has 0 bridgehead atoms. The summed E-state index contributed by atoms with van der Waals surface area (Å²) in [6.07, 6.45) is 1.52. The zero-order valence-electron chi connectivity index (χ0n) is 18.4. The molecule has 1 unspecified atom stereocenters. The first-order valence-electron chi connectivity index (χ1n) is 10.7. The van der Waals surface area contributed by atoms with Gasteiger partial charge < -0.3 is 23.4 Å². The lowest BCUT2D eigenvalue weighted by molar-refractivity contribution is -0.325. The number of esters is 1. The predicted octanol–water partition coefficient (Wildman–Crippen LogP) is 4.13. The molecule has 0 radical (unpaired) electrons. The molecule has 164 valence electrons. The van der Waals surface area contributed by atoms with Gasteiger partial charge in [0.1, 0.15) is 24.4 Å². The molecule has 6 nitrogen and oxygen atoms in total. The second kappa shape index (κ2) is 8.20. The van der Waals surface area contributed by atoms with Gasteiger partial charge >= 0.3 is 5.97 Å². The van der Waals surface area contributed by atoms with Crippen LogP contribution in [0.4, 0.5) is 0 Å². The maximum Gasteiger partial charge on any atom is 0.330 e. The minimum absolute atomic E-state index is 0.00723. The van der Waals surface area contributed by atoms with Crippen LogP contribution in [0.2, 0.25) is 18.1 Å². The number of rotatable bonds is 3. The van der Waals surface area contributed by atoms with E-state index >= 15 is 0 Å². The molecular weight excluding hydrogens is 400 g/mol. The van der Waals surface area contributed by atoms with Gasteiger partial charge in [-0.25, -0.2) is 4.79 Å². The third kappa shape index (κ3) is 4.27. The van der Waals surface area contributed by atoms with Crippen LogP contribution in [0.25, 0.3) is 0 Å². The first-order chi connectivity index (χ1) is 14.2. The molecule has 1 aromatic carbocycles. The summed E-state index contributed by atoms with van der Waals surface area (Å²) >= 11 is 0. The highest BCUT2D eigenvalue weighted by Crippen LogP contribution is 2.43. The Morgan fingerprint density at radius 3 is 2.47 bits per heavy atom. The van der Waals surface area contributed by atoms with Crippen molar-refractivity contribution < 1.29 is 28.2 Å². The predicted molar refractivity (Wildman–Crippen MR) is 114 cm³/mol. The van der Waals surface area contributed by atoms with Crippen LogP contribution in [0.5, 0.6) is 0 Å². The Morgan fingerprint density at radius 2 is 1.77 bits per heavy atom. The normalized spacial score (nSPS) is 34.5. The molecule has 0 spiro atoms. The van der Waals surface area contributed by atoms with Crippen LogP contribution in [0.1, 0.15) is 39.0 Å². The first-order valence-corrected chi connectivity index (χ1v) is 13.6. The van der Waals surface area contributed by atoms with E-state index in [1.165, 1.54) is 6.08 Å². The maximum atomic E-state index is 12.2. The van der Waals surface area contributed by atoms with Gasteiger partial charge in [0.2, 0.25) is 0 Å². The molecule has 2 fully saturated rings. The Morgan fingerprint density at radius 1 is 1.03 bits per heavy atom. The van der Waals surface area contributed by atoms with Crippen molar-refractivity contribution in [2.75, 3.05) is 6.61 Å². The third-order valence-electron chi connectivity index (χ3n) is 6.61. The lowest BCUT2D eigenvalue weighted by atomic mass is 9.92. The first kappa shape index (κ1) is 21.7. The van der Waals surface area contributed by atoms with Crippen molar-refractivity contribution in [1.82, 2.24) is 0 Å². The second-order valence-corrected chi connectivity index (χ2v) is 14.5. The maximum absolute atomic E-state index is 12.2. The van der Waals surface area contributed by atoms with Crippen molar-refractivity contribution in [3.8, 4) is 0 Å². The molecule has 1 aromatic rings. The van der Waals surface area contributed by atoms with E-state index in [9.17, 15) is 4.79 Å². The highest BCUT2D eigenvalue weighted by atomic mass is 28.4. The number of hydrogen-bond acceptors (Lipinski definition) is 6. The lowest BCUT2D eigenvalue weighted by Gasteiger charge is -2.51. The summed E-state index contributed by atoms with van der Waals surface area (Å²) < 4.78 is 31.3. The van der Waals surface area contributed by atoms with E-state index in [0.717, 1.165) is 5.56 Å². The van der Waals surface area contributed by atoms with Crippen LogP contribution in [0.3, 0.4) is 0 Å². The van der Waals surface area contributed by atoms with Gasteiger partial charge in [0, 0.05) is 11.6 Å². The highest BCUT2D eigenvalue weighted by molar-refractivity contribution is 6.74. The second-order valence-electron chi connectivity index (χ2n) is 9.77. The standard InChI is InChI=1S/C23H32O6Si/c1-23(2,3)30(4,5)29-21-19-16(12-9-13-18(24)27-19)26-17-14-25-22(28-20(17)21)15-10-7-6-8-11-15/h6-11,13,16-17,19-22H,12,14H2,1-5H3/t16-,17+,19-,20+,21?,22+/m0/s1. The molecule has 6 atom stereocenters. The molecule has 0 aromatic heterocycles. The summed E-state index contributed by atoms with van der Waals surface area (Å²) in [6.45, 7) is 11.4. The van der Waals surface area contributed by atoms with Gasteiger partial charge in [-0.05, 0) is 24.6 Å². The third-order valence-corrected chi connectivity index (χ3v) is 11.1. The average Bonchev–Trinajstić information content (AvgIpc) is 2.88. The van der Waals surface area contributed by atoms with Gasteiger partial charge in [-0.3, -0.25) is 0 Å². The Labute approximate surface area is 179 Å². The SMILES string of the molecule is CC(C)(C)[Si](C)(C)OC1[C@H]2OC(=O)C=CC[C@@H]2O[C@@H]2CO[C@@H](c3ccccc3)O[C@@H]12. The van der Waals surface area contributed by atoms with E-state index in [1.54, 1.807) is 0 Å². The molecule has 2 saturated heterocycles. The Hall–Kier alpha value is -1.51. The number of benzene rings is 1. The summed E-state index contributed by atoms with van der Waals surface area (Å²) in [4.78, 5) is 12.2. The van der Waals surface area contributed by atoms with E-state index in [2.05, 4.69) is 33.9 Å². The van der Waals surface area contributed by atoms with Crippen LogP contribution < -0.4 is 0 Å². The van der Waals surface area contributed by atoms with Crippen LogP contribution in [0, 0.1) is 0 Å². The van der Waals surface area contributed by atoms with Crippen molar-refractivity contribution in [1.29, 1.82) is 0 Å². The van der Waals surface area contributed by atoms with Gasteiger partial charge in [-0.1, -0.05) is 57.2 Å². The van der Waals surface area contributed by atoms with E-state index in [1.807, 2.05) is 36.4 Å². The van der Waals surface area contributed by atoms with E-state index in [4.69, 9.17) is 23.4 Å². The fourth-order valence-electron chi connectivity index (χ4n) is 3.89. The van der Waals surface area contributed by atoms with E-state index < -0.39 is 26.8 Å². The summed E-state index contributed by atoms with van der Waals surface area (Å²) in [7, 11) is -2.17.